The molecule has 0 unspecified atom stereocenters. The molecule has 0 aromatic heterocycles. The number of Topliss-reactive ketones (excluding diaryl/α,β-unsaturated/α-hetero) is 1. The number of ketones is 1. The van der Waals surface area contributed by atoms with Gasteiger partial charge in [-0.2, -0.15) is 0 Å². The summed E-state index contributed by atoms with van der Waals surface area (Å²) in [5.74, 6) is 0.592. The van der Waals surface area contributed by atoms with Gasteiger partial charge < -0.3 is 9.64 Å². The quantitative estimate of drug-likeness (QED) is 0.485. The van der Waals surface area contributed by atoms with E-state index < -0.39 is 0 Å². The molecule has 86 valence electrons. The fraction of sp³-hybridized carbons (Fsp3) is 0.818. The lowest BCUT2D eigenvalue weighted by atomic mass is 10.1. The van der Waals surface area contributed by atoms with Crippen molar-refractivity contribution in [2.45, 2.75) is 26.7 Å². The van der Waals surface area contributed by atoms with Crippen LogP contribution >= 0.6 is 0 Å². The van der Waals surface area contributed by atoms with Crippen LogP contribution in [0.4, 0.5) is 0 Å². The summed E-state index contributed by atoms with van der Waals surface area (Å²) >= 11 is 0. The van der Waals surface area contributed by atoms with E-state index in [9.17, 15) is 9.59 Å². The topological polar surface area (TPSA) is 46.6 Å². The zero-order valence-electron chi connectivity index (χ0n) is 9.49. The largest absolute Gasteiger partial charge is 0.380 e. The van der Waals surface area contributed by atoms with Gasteiger partial charge in [0.05, 0.1) is 19.6 Å². The van der Waals surface area contributed by atoms with E-state index in [-0.39, 0.29) is 24.7 Å². The molecule has 0 spiro atoms. The first-order chi connectivity index (χ1) is 7.09. The third-order valence-corrected chi connectivity index (χ3v) is 2.41. The molecule has 4 heteroatoms. The lowest BCUT2D eigenvalue weighted by Gasteiger charge is -2.14. The van der Waals surface area contributed by atoms with Gasteiger partial charge in [-0.1, -0.05) is 13.8 Å². The van der Waals surface area contributed by atoms with Crippen LogP contribution in [0.25, 0.3) is 0 Å². The van der Waals surface area contributed by atoms with Gasteiger partial charge in [0.25, 0.3) is 0 Å². The summed E-state index contributed by atoms with van der Waals surface area (Å²) in [7, 11) is 0. The lowest BCUT2D eigenvalue weighted by Crippen LogP contribution is -2.29. The Hall–Kier alpha value is -0.900. The van der Waals surface area contributed by atoms with Gasteiger partial charge in [-0.05, 0) is 12.3 Å². The number of carbonyl (C=O) groups excluding carboxylic acids is 2. The second-order valence-electron chi connectivity index (χ2n) is 4.33. The predicted octanol–water partition coefficient (Wildman–Crippen LogP) is 0.850. The van der Waals surface area contributed by atoms with E-state index in [1.54, 1.807) is 4.90 Å². The van der Waals surface area contributed by atoms with Crippen molar-refractivity contribution < 1.29 is 14.3 Å². The van der Waals surface area contributed by atoms with Gasteiger partial charge in [0.1, 0.15) is 0 Å². The minimum Gasteiger partial charge on any atom is -0.380 e. The third kappa shape index (κ3) is 4.42. The van der Waals surface area contributed by atoms with Crippen molar-refractivity contribution in [1.29, 1.82) is 0 Å². The first kappa shape index (κ1) is 12.2. The maximum Gasteiger partial charge on any atom is 0.230 e. The molecule has 1 saturated heterocycles. The zero-order valence-corrected chi connectivity index (χ0v) is 9.49. The van der Waals surface area contributed by atoms with Crippen molar-refractivity contribution in [2.75, 3.05) is 26.3 Å². The van der Waals surface area contributed by atoms with E-state index in [4.69, 9.17) is 4.74 Å². The fourth-order valence-corrected chi connectivity index (χ4v) is 1.44. The molecule has 0 radical (unpaired) electrons. The second-order valence-corrected chi connectivity index (χ2v) is 4.33. The van der Waals surface area contributed by atoms with Gasteiger partial charge in [-0.15, -0.1) is 0 Å². The average Bonchev–Trinajstić information content (AvgIpc) is 2.44. The molecular formula is C11H19NO3. The summed E-state index contributed by atoms with van der Waals surface area (Å²) < 4.78 is 5.38. The van der Waals surface area contributed by atoms with Crippen LogP contribution in [0.2, 0.25) is 0 Å². The van der Waals surface area contributed by atoms with Crippen molar-refractivity contribution in [3.8, 4) is 0 Å². The van der Waals surface area contributed by atoms with E-state index in [2.05, 4.69) is 13.8 Å². The van der Waals surface area contributed by atoms with Gasteiger partial charge in [0, 0.05) is 13.2 Å². The Labute approximate surface area is 90.6 Å². The summed E-state index contributed by atoms with van der Waals surface area (Å²) in [6.07, 6.45) is 1.11. The Morgan fingerprint density at radius 1 is 1.33 bits per heavy atom. The number of carbonyl (C=O) groups is 2. The molecule has 0 aromatic carbocycles. The summed E-state index contributed by atoms with van der Waals surface area (Å²) in [6.45, 7) is 6.37. The number of ether oxygens (including phenoxy) is 1. The Bertz CT molecular complexity index is 238. The summed E-state index contributed by atoms with van der Waals surface area (Å²) in [6, 6.07) is 0. The summed E-state index contributed by atoms with van der Waals surface area (Å²) in [4.78, 5) is 23.7. The molecule has 1 aliphatic heterocycles. The number of hydrogen-bond acceptors (Lipinski definition) is 3. The van der Waals surface area contributed by atoms with Gasteiger partial charge in [-0.25, -0.2) is 0 Å². The standard InChI is InChI=1S/C11H19NO3/c1-9(2)3-5-15-6-4-12-8-10(13)7-11(12)14/h9H,3-8H2,1-2H3. The predicted molar refractivity (Wildman–Crippen MR) is 56.5 cm³/mol. The Morgan fingerprint density at radius 2 is 2.07 bits per heavy atom. The SMILES string of the molecule is CC(C)CCOCCN1CC(=O)CC1=O. The number of hydrogen-bond donors (Lipinski definition) is 0. The van der Waals surface area contributed by atoms with Crippen LogP contribution < -0.4 is 0 Å². The number of rotatable bonds is 6. The highest BCUT2D eigenvalue weighted by Crippen LogP contribution is 2.05. The maximum absolute atomic E-state index is 11.2. The Kier molecular flexibility index (Phi) is 4.75. The summed E-state index contributed by atoms with van der Waals surface area (Å²) in [5.41, 5.74) is 0. The highest BCUT2D eigenvalue weighted by Gasteiger charge is 2.26. The smallest absolute Gasteiger partial charge is 0.230 e. The molecule has 0 saturated carbocycles. The number of likely N-dealkylation sites (tertiary alicyclic amines) is 1. The van der Waals surface area contributed by atoms with Crippen molar-refractivity contribution in [1.82, 2.24) is 4.90 Å². The van der Waals surface area contributed by atoms with Crippen molar-refractivity contribution in [3.63, 3.8) is 0 Å². The lowest BCUT2D eigenvalue weighted by molar-refractivity contribution is -0.128. The molecule has 1 rings (SSSR count). The van der Waals surface area contributed by atoms with Crippen LogP contribution in [-0.4, -0.2) is 42.9 Å². The van der Waals surface area contributed by atoms with Crippen LogP contribution in [0.5, 0.6) is 0 Å². The molecule has 1 fully saturated rings. The number of amides is 1. The molecular weight excluding hydrogens is 194 g/mol. The minimum atomic E-state index is -0.0625. The molecule has 0 aliphatic carbocycles. The Balaban J connectivity index is 2.05. The molecule has 4 nitrogen and oxygen atoms in total. The van der Waals surface area contributed by atoms with E-state index in [0.717, 1.165) is 13.0 Å². The molecule has 15 heavy (non-hydrogen) atoms. The van der Waals surface area contributed by atoms with Gasteiger partial charge in [0.15, 0.2) is 5.78 Å². The Morgan fingerprint density at radius 3 is 2.60 bits per heavy atom. The van der Waals surface area contributed by atoms with Gasteiger partial charge in [0.2, 0.25) is 5.91 Å². The van der Waals surface area contributed by atoms with Crippen molar-refractivity contribution >= 4 is 11.7 Å². The fourth-order valence-electron chi connectivity index (χ4n) is 1.44. The maximum atomic E-state index is 11.2. The third-order valence-electron chi connectivity index (χ3n) is 2.41. The monoisotopic (exact) mass is 213 g/mol. The van der Waals surface area contributed by atoms with E-state index in [1.807, 2.05) is 0 Å². The molecule has 0 bridgehead atoms. The van der Waals surface area contributed by atoms with E-state index in [1.165, 1.54) is 0 Å². The van der Waals surface area contributed by atoms with Crippen LogP contribution in [0.15, 0.2) is 0 Å². The molecule has 0 aromatic rings. The first-order valence-electron chi connectivity index (χ1n) is 5.47. The zero-order chi connectivity index (χ0) is 11.3. The van der Waals surface area contributed by atoms with Crippen LogP contribution in [0.3, 0.4) is 0 Å². The van der Waals surface area contributed by atoms with Gasteiger partial charge >= 0.3 is 0 Å². The molecule has 1 heterocycles. The number of nitrogens with zero attached hydrogens (tertiary/aromatic N) is 1. The highest BCUT2D eigenvalue weighted by atomic mass is 16.5. The van der Waals surface area contributed by atoms with E-state index in [0.29, 0.717) is 19.1 Å². The van der Waals surface area contributed by atoms with Crippen LogP contribution in [0, 0.1) is 5.92 Å². The van der Waals surface area contributed by atoms with E-state index >= 15 is 0 Å². The van der Waals surface area contributed by atoms with Crippen molar-refractivity contribution in [2.24, 2.45) is 5.92 Å². The molecule has 0 N–H and O–H groups in total. The average molecular weight is 213 g/mol. The molecule has 0 atom stereocenters. The van der Waals surface area contributed by atoms with Crippen LogP contribution in [0.1, 0.15) is 26.7 Å². The normalized spacial score (nSPS) is 16.9. The highest BCUT2D eigenvalue weighted by molar-refractivity contribution is 6.05. The molecule has 1 amide bonds. The first-order valence-corrected chi connectivity index (χ1v) is 5.47. The summed E-state index contributed by atoms with van der Waals surface area (Å²) in [5, 5.41) is 0. The van der Waals surface area contributed by atoms with Gasteiger partial charge in [-0.3, -0.25) is 9.59 Å². The molecule has 1 aliphatic rings. The second kappa shape index (κ2) is 5.85. The minimum absolute atomic E-state index is 0.0159. The van der Waals surface area contributed by atoms with Crippen molar-refractivity contribution in [3.05, 3.63) is 0 Å². The van der Waals surface area contributed by atoms with Crippen LogP contribution in [-0.2, 0) is 14.3 Å².